The summed E-state index contributed by atoms with van der Waals surface area (Å²) in [4.78, 5) is 0. The number of nitrogens with zero attached hydrogens (tertiary/aromatic N) is 2. The van der Waals surface area contributed by atoms with E-state index in [9.17, 15) is 4.39 Å². The first-order valence-corrected chi connectivity index (χ1v) is 7.38. The van der Waals surface area contributed by atoms with Gasteiger partial charge in [0.15, 0.2) is 5.01 Å². The summed E-state index contributed by atoms with van der Waals surface area (Å²) in [5.41, 5.74) is 0.453. The van der Waals surface area contributed by atoms with E-state index < -0.39 is 0 Å². The molecule has 0 saturated heterocycles. The van der Waals surface area contributed by atoms with Crippen LogP contribution in [0.5, 0.6) is 0 Å². The van der Waals surface area contributed by atoms with Gasteiger partial charge in [-0.05, 0) is 31.2 Å². The number of hydrogen-bond donors (Lipinski definition) is 1. The van der Waals surface area contributed by atoms with Crippen LogP contribution in [0, 0.1) is 5.82 Å². The Labute approximate surface area is 120 Å². The molecule has 0 aliphatic heterocycles. The average Bonchev–Trinajstić information content (AvgIpc) is 2.83. The van der Waals surface area contributed by atoms with E-state index in [1.165, 1.54) is 17.4 Å². The minimum absolute atomic E-state index is 0.362. The second-order valence-electron chi connectivity index (χ2n) is 4.13. The van der Waals surface area contributed by atoms with E-state index in [0.29, 0.717) is 15.6 Å². The Morgan fingerprint density at radius 2 is 2.16 bits per heavy atom. The van der Waals surface area contributed by atoms with Gasteiger partial charge < -0.3 is 5.32 Å². The molecule has 102 valence electrons. The van der Waals surface area contributed by atoms with Crippen LogP contribution in [0.1, 0.15) is 18.4 Å². The molecule has 0 fully saturated rings. The first-order chi connectivity index (χ1) is 9.20. The van der Waals surface area contributed by atoms with Crippen LogP contribution < -0.4 is 5.32 Å². The maximum absolute atomic E-state index is 13.7. The zero-order valence-electron chi connectivity index (χ0n) is 10.6. The number of hydrogen-bond acceptors (Lipinski definition) is 4. The van der Waals surface area contributed by atoms with E-state index in [2.05, 4.69) is 22.4 Å². The first kappa shape index (κ1) is 14.4. The van der Waals surface area contributed by atoms with Gasteiger partial charge in [-0.2, -0.15) is 0 Å². The van der Waals surface area contributed by atoms with Gasteiger partial charge >= 0.3 is 0 Å². The highest BCUT2D eigenvalue weighted by atomic mass is 35.5. The van der Waals surface area contributed by atoms with Crippen LogP contribution in [0.2, 0.25) is 5.02 Å². The van der Waals surface area contributed by atoms with E-state index in [1.54, 1.807) is 12.1 Å². The third-order valence-electron chi connectivity index (χ3n) is 2.57. The summed E-state index contributed by atoms with van der Waals surface area (Å²) in [7, 11) is 0. The number of benzene rings is 1. The average molecular weight is 300 g/mol. The van der Waals surface area contributed by atoms with Crippen LogP contribution in [0.15, 0.2) is 18.2 Å². The molecule has 0 amide bonds. The van der Waals surface area contributed by atoms with Gasteiger partial charge in [-0.25, -0.2) is 4.39 Å². The minimum atomic E-state index is -0.362. The van der Waals surface area contributed by atoms with Crippen molar-refractivity contribution in [2.24, 2.45) is 0 Å². The summed E-state index contributed by atoms with van der Waals surface area (Å²) in [6.07, 6.45) is 1.92. The lowest BCUT2D eigenvalue weighted by atomic mass is 10.2. The molecule has 0 unspecified atom stereocenters. The number of aromatic nitrogens is 2. The van der Waals surface area contributed by atoms with Crippen LogP contribution >= 0.6 is 22.9 Å². The van der Waals surface area contributed by atoms with Crippen molar-refractivity contribution in [3.8, 4) is 10.6 Å². The summed E-state index contributed by atoms with van der Waals surface area (Å²) < 4.78 is 13.7. The molecule has 0 aliphatic rings. The Morgan fingerprint density at radius 1 is 1.32 bits per heavy atom. The normalized spacial score (nSPS) is 10.9. The number of halogens is 2. The highest BCUT2D eigenvalue weighted by molar-refractivity contribution is 7.14. The number of rotatable bonds is 6. The Bertz CT molecular complexity index is 544. The van der Waals surface area contributed by atoms with E-state index in [4.69, 9.17) is 11.6 Å². The summed E-state index contributed by atoms with van der Waals surface area (Å²) in [5, 5.41) is 13.3. The molecule has 0 saturated carbocycles. The Balaban J connectivity index is 2.04. The molecule has 1 N–H and O–H groups in total. The molecule has 2 rings (SSSR count). The third kappa shape index (κ3) is 3.96. The fourth-order valence-electron chi connectivity index (χ4n) is 1.62. The first-order valence-electron chi connectivity index (χ1n) is 6.19. The largest absolute Gasteiger partial charge is 0.316 e. The standard InChI is InChI=1S/C13H15ClFN3S/c1-2-6-16-7-5-12-17-18-13(19-12)10-4-3-9(14)8-11(10)15/h3-4,8,16H,2,5-7H2,1H3. The predicted octanol–water partition coefficient (Wildman–Crippen LogP) is 3.54. The molecule has 0 atom stereocenters. The SMILES string of the molecule is CCCNCCc1nnc(-c2ccc(Cl)cc2F)s1. The molecule has 19 heavy (non-hydrogen) atoms. The molecule has 0 bridgehead atoms. The molecule has 0 spiro atoms. The molecule has 1 aromatic heterocycles. The van der Waals surface area contributed by atoms with Crippen LogP contribution in [-0.4, -0.2) is 23.3 Å². The van der Waals surface area contributed by atoms with Crippen LogP contribution in [-0.2, 0) is 6.42 Å². The monoisotopic (exact) mass is 299 g/mol. The van der Waals surface area contributed by atoms with Crippen LogP contribution in [0.4, 0.5) is 4.39 Å². The van der Waals surface area contributed by atoms with Crippen LogP contribution in [0.3, 0.4) is 0 Å². The molecule has 1 aromatic carbocycles. The summed E-state index contributed by atoms with van der Waals surface area (Å²) in [6, 6.07) is 4.59. The van der Waals surface area contributed by atoms with Crippen molar-refractivity contribution in [2.75, 3.05) is 13.1 Å². The molecule has 3 nitrogen and oxygen atoms in total. The molecule has 6 heteroatoms. The van der Waals surface area contributed by atoms with Gasteiger partial charge in [-0.3, -0.25) is 0 Å². The van der Waals surface area contributed by atoms with E-state index in [1.807, 2.05) is 0 Å². The maximum Gasteiger partial charge on any atom is 0.150 e. The zero-order valence-corrected chi connectivity index (χ0v) is 12.2. The van der Waals surface area contributed by atoms with Gasteiger partial charge in [-0.1, -0.05) is 29.9 Å². The zero-order chi connectivity index (χ0) is 13.7. The van der Waals surface area contributed by atoms with Crippen molar-refractivity contribution < 1.29 is 4.39 Å². The highest BCUT2D eigenvalue weighted by Crippen LogP contribution is 2.27. The maximum atomic E-state index is 13.7. The van der Waals surface area contributed by atoms with Gasteiger partial charge in [0.2, 0.25) is 0 Å². The second-order valence-corrected chi connectivity index (χ2v) is 5.62. The third-order valence-corrected chi connectivity index (χ3v) is 3.82. The summed E-state index contributed by atoms with van der Waals surface area (Å²) >= 11 is 7.15. The van der Waals surface area contributed by atoms with Crippen molar-refractivity contribution in [3.63, 3.8) is 0 Å². The topological polar surface area (TPSA) is 37.8 Å². The van der Waals surface area contributed by atoms with E-state index in [0.717, 1.165) is 30.9 Å². The molecular weight excluding hydrogens is 285 g/mol. The molecule has 0 aliphatic carbocycles. The van der Waals surface area contributed by atoms with Crippen molar-refractivity contribution in [2.45, 2.75) is 19.8 Å². The molecular formula is C13H15ClFN3S. The number of nitrogens with one attached hydrogen (secondary N) is 1. The quantitative estimate of drug-likeness (QED) is 0.829. The molecule has 2 aromatic rings. The van der Waals surface area contributed by atoms with Crippen molar-refractivity contribution in [1.82, 2.24) is 15.5 Å². The Morgan fingerprint density at radius 3 is 2.89 bits per heavy atom. The fourth-order valence-corrected chi connectivity index (χ4v) is 2.65. The van der Waals surface area contributed by atoms with Crippen molar-refractivity contribution in [3.05, 3.63) is 34.0 Å². The van der Waals surface area contributed by atoms with E-state index >= 15 is 0 Å². The van der Waals surface area contributed by atoms with Gasteiger partial charge in [0.25, 0.3) is 0 Å². The van der Waals surface area contributed by atoms with Gasteiger partial charge in [0, 0.05) is 23.6 Å². The van der Waals surface area contributed by atoms with Gasteiger partial charge in [0.1, 0.15) is 10.8 Å². The van der Waals surface area contributed by atoms with Crippen LogP contribution in [0.25, 0.3) is 10.6 Å². The fraction of sp³-hybridized carbons (Fsp3) is 0.385. The van der Waals surface area contributed by atoms with E-state index in [-0.39, 0.29) is 5.82 Å². The molecule has 1 heterocycles. The minimum Gasteiger partial charge on any atom is -0.316 e. The summed E-state index contributed by atoms with van der Waals surface area (Å²) in [6.45, 7) is 3.99. The smallest absolute Gasteiger partial charge is 0.150 e. The van der Waals surface area contributed by atoms with Gasteiger partial charge in [0.05, 0.1) is 0 Å². The lowest BCUT2D eigenvalue weighted by Crippen LogP contribution is -2.17. The lowest BCUT2D eigenvalue weighted by molar-refractivity contribution is 0.631. The molecule has 0 radical (unpaired) electrons. The van der Waals surface area contributed by atoms with Gasteiger partial charge in [-0.15, -0.1) is 10.2 Å². The Hall–Kier alpha value is -1.04. The highest BCUT2D eigenvalue weighted by Gasteiger charge is 2.11. The summed E-state index contributed by atoms with van der Waals surface area (Å²) in [5.74, 6) is -0.362. The predicted molar refractivity (Wildman–Crippen MR) is 77.2 cm³/mol. The van der Waals surface area contributed by atoms with Crippen molar-refractivity contribution in [1.29, 1.82) is 0 Å². The van der Waals surface area contributed by atoms with Crippen molar-refractivity contribution >= 4 is 22.9 Å². The Kier molecular flexibility index (Phi) is 5.24. The second kappa shape index (κ2) is 6.93. The lowest BCUT2D eigenvalue weighted by Gasteiger charge is -1.99.